The average molecular weight is 397 g/mol. The number of aliphatic hydroxyl groups excluding tert-OH is 1. The van der Waals surface area contributed by atoms with Crippen molar-refractivity contribution in [3.8, 4) is 0 Å². The first kappa shape index (κ1) is 21.4. The highest BCUT2D eigenvalue weighted by Crippen LogP contribution is 2.65. The number of fused-ring (bicyclic) bond motifs is 5. The van der Waals surface area contributed by atoms with Crippen LogP contribution in [-0.4, -0.2) is 11.2 Å². The van der Waals surface area contributed by atoms with Crippen molar-refractivity contribution in [2.75, 3.05) is 0 Å². The van der Waals surface area contributed by atoms with Crippen molar-refractivity contribution in [2.45, 2.75) is 92.6 Å². The third kappa shape index (κ3) is 3.50. The lowest BCUT2D eigenvalue weighted by atomic mass is 9.50. The van der Waals surface area contributed by atoms with Crippen LogP contribution in [0.3, 0.4) is 0 Å². The zero-order valence-electron chi connectivity index (χ0n) is 19.7. The molecule has 0 aromatic rings. The Kier molecular flexibility index (Phi) is 5.69. The van der Waals surface area contributed by atoms with Crippen molar-refractivity contribution in [1.82, 2.24) is 0 Å². The molecule has 0 bridgehead atoms. The predicted molar refractivity (Wildman–Crippen MR) is 123 cm³/mol. The van der Waals surface area contributed by atoms with Gasteiger partial charge >= 0.3 is 0 Å². The maximum absolute atomic E-state index is 10.2. The van der Waals surface area contributed by atoms with E-state index < -0.39 is 0 Å². The molecule has 1 heteroatoms. The van der Waals surface area contributed by atoms with Crippen LogP contribution >= 0.6 is 0 Å². The third-order valence-corrected chi connectivity index (χ3v) is 10.0. The Morgan fingerprint density at radius 2 is 1.69 bits per heavy atom. The molecule has 29 heavy (non-hydrogen) atoms. The van der Waals surface area contributed by atoms with Crippen LogP contribution in [0.1, 0.15) is 86.5 Å². The van der Waals surface area contributed by atoms with E-state index in [4.69, 9.17) is 0 Å². The molecule has 4 aliphatic carbocycles. The normalized spacial score (nSPS) is 44.0. The first-order chi connectivity index (χ1) is 13.7. The van der Waals surface area contributed by atoms with Gasteiger partial charge in [-0.15, -0.1) is 0 Å². The van der Waals surface area contributed by atoms with Crippen LogP contribution in [-0.2, 0) is 0 Å². The second-order valence-electron chi connectivity index (χ2n) is 11.9. The lowest BCUT2D eigenvalue weighted by Crippen LogP contribution is -2.46. The van der Waals surface area contributed by atoms with Gasteiger partial charge < -0.3 is 5.11 Å². The van der Waals surface area contributed by atoms with Crippen LogP contribution in [0.15, 0.2) is 35.5 Å². The van der Waals surface area contributed by atoms with E-state index in [-0.39, 0.29) is 6.10 Å². The first-order valence-corrected chi connectivity index (χ1v) is 12.4. The van der Waals surface area contributed by atoms with E-state index in [2.05, 4.69) is 65.8 Å². The van der Waals surface area contributed by atoms with Crippen molar-refractivity contribution in [1.29, 1.82) is 0 Å². The fraction of sp³-hybridized carbons (Fsp3) is 0.786. The fourth-order valence-electron chi connectivity index (χ4n) is 7.59. The topological polar surface area (TPSA) is 20.2 Å². The molecule has 0 aromatic carbocycles. The molecular weight excluding hydrogens is 352 g/mol. The molecule has 4 aliphatic rings. The van der Waals surface area contributed by atoms with Gasteiger partial charge in [-0.25, -0.2) is 0 Å². The molecule has 0 unspecified atom stereocenters. The number of hydrogen-bond donors (Lipinski definition) is 1. The first-order valence-electron chi connectivity index (χ1n) is 12.4. The zero-order chi connectivity index (χ0) is 21.0. The number of aliphatic hydroxyl groups is 1. The van der Waals surface area contributed by atoms with E-state index in [1.807, 2.05) is 0 Å². The van der Waals surface area contributed by atoms with E-state index >= 15 is 0 Å². The molecular formula is C28H44O. The highest BCUT2D eigenvalue weighted by atomic mass is 16.3. The summed E-state index contributed by atoms with van der Waals surface area (Å²) in [7, 11) is 0. The van der Waals surface area contributed by atoms with Gasteiger partial charge in [0.2, 0.25) is 0 Å². The maximum atomic E-state index is 10.2. The smallest absolute Gasteiger partial charge is 0.0578 e. The van der Waals surface area contributed by atoms with Crippen LogP contribution in [0.2, 0.25) is 0 Å². The van der Waals surface area contributed by atoms with Gasteiger partial charge in [0.05, 0.1) is 6.10 Å². The average Bonchev–Trinajstić information content (AvgIpc) is 3.03. The fourth-order valence-corrected chi connectivity index (χ4v) is 7.59. The highest BCUT2D eigenvalue weighted by molar-refractivity contribution is 5.39. The highest BCUT2D eigenvalue weighted by Gasteiger charge is 2.56. The molecule has 0 saturated heterocycles. The summed E-state index contributed by atoms with van der Waals surface area (Å²) >= 11 is 0. The molecule has 4 rings (SSSR count). The Bertz CT molecular complexity index is 712. The monoisotopic (exact) mass is 396 g/mol. The summed E-state index contributed by atoms with van der Waals surface area (Å²) in [6, 6.07) is 0. The second kappa shape index (κ2) is 7.70. The quantitative estimate of drug-likeness (QED) is 0.493. The third-order valence-electron chi connectivity index (χ3n) is 10.0. The molecule has 1 nitrogen and oxygen atoms in total. The Balaban J connectivity index is 1.57. The van der Waals surface area contributed by atoms with E-state index in [0.717, 1.165) is 36.5 Å². The lowest BCUT2D eigenvalue weighted by molar-refractivity contribution is 0.0382. The van der Waals surface area contributed by atoms with Crippen molar-refractivity contribution < 1.29 is 5.11 Å². The van der Waals surface area contributed by atoms with Gasteiger partial charge in [0.1, 0.15) is 0 Å². The van der Waals surface area contributed by atoms with E-state index in [1.54, 1.807) is 5.57 Å². The summed E-state index contributed by atoms with van der Waals surface area (Å²) in [6.07, 6.45) is 18.4. The SMILES string of the molecule is CC(C)[C@H](C)/C=C/[C@H](C)[C@@H]1CC[C@@H]2C3=CC=C4C[C@H](O)CC[C@@]4(C)[C@@H]3CC[C@]21C. The van der Waals surface area contributed by atoms with E-state index in [0.29, 0.717) is 22.7 Å². The van der Waals surface area contributed by atoms with Gasteiger partial charge in [-0.3, -0.25) is 0 Å². The van der Waals surface area contributed by atoms with Crippen LogP contribution in [0.25, 0.3) is 0 Å². The van der Waals surface area contributed by atoms with E-state index in [1.165, 1.54) is 37.7 Å². The number of allylic oxidation sites excluding steroid dienone is 5. The lowest BCUT2D eigenvalue weighted by Gasteiger charge is -2.55. The summed E-state index contributed by atoms with van der Waals surface area (Å²) < 4.78 is 0. The van der Waals surface area contributed by atoms with Crippen LogP contribution < -0.4 is 0 Å². The van der Waals surface area contributed by atoms with Crippen molar-refractivity contribution in [3.05, 3.63) is 35.5 Å². The van der Waals surface area contributed by atoms with E-state index in [9.17, 15) is 5.11 Å². The molecule has 3 saturated carbocycles. The molecule has 0 aromatic heterocycles. The van der Waals surface area contributed by atoms with Gasteiger partial charge in [0.15, 0.2) is 0 Å². The molecule has 8 atom stereocenters. The molecule has 0 radical (unpaired) electrons. The molecule has 3 fully saturated rings. The van der Waals surface area contributed by atoms with Crippen LogP contribution in [0.5, 0.6) is 0 Å². The Labute approximate surface area is 179 Å². The minimum Gasteiger partial charge on any atom is -0.393 e. The van der Waals surface area contributed by atoms with Gasteiger partial charge in [-0.05, 0) is 91.3 Å². The van der Waals surface area contributed by atoms with Gasteiger partial charge in [0, 0.05) is 0 Å². The molecule has 0 amide bonds. The van der Waals surface area contributed by atoms with Crippen LogP contribution in [0, 0.1) is 46.3 Å². The van der Waals surface area contributed by atoms with Crippen LogP contribution in [0.4, 0.5) is 0 Å². The zero-order valence-corrected chi connectivity index (χ0v) is 19.7. The van der Waals surface area contributed by atoms with Crippen molar-refractivity contribution in [2.24, 2.45) is 46.3 Å². The van der Waals surface area contributed by atoms with Gasteiger partial charge in [-0.2, -0.15) is 0 Å². The van der Waals surface area contributed by atoms with Gasteiger partial charge in [-0.1, -0.05) is 77.0 Å². The minimum absolute atomic E-state index is 0.116. The molecule has 1 N–H and O–H groups in total. The number of rotatable bonds is 4. The molecule has 0 heterocycles. The number of hydrogen-bond acceptors (Lipinski definition) is 1. The Morgan fingerprint density at radius 1 is 0.931 bits per heavy atom. The van der Waals surface area contributed by atoms with Gasteiger partial charge in [0.25, 0.3) is 0 Å². The largest absolute Gasteiger partial charge is 0.393 e. The second-order valence-corrected chi connectivity index (χ2v) is 11.9. The Hall–Kier alpha value is -0.820. The summed E-state index contributed by atoms with van der Waals surface area (Å²) in [5, 5.41) is 10.2. The Morgan fingerprint density at radius 3 is 2.41 bits per heavy atom. The standard InChI is InChI=1S/C28H44O/c1-18(2)19(3)7-8-20(4)24-11-12-25-23-10-9-21-17-22(29)13-15-27(21,5)26(23)14-16-28(24,25)6/h7-10,18-20,22,24-26,29H,11-17H2,1-6H3/b8-7+/t19-,20+,22-,24+,25-,26-,27-,28+/m1/s1. The van der Waals surface area contributed by atoms with Crippen molar-refractivity contribution >= 4 is 0 Å². The summed E-state index contributed by atoms with van der Waals surface area (Å²) in [6.45, 7) is 14.6. The predicted octanol–water partition coefficient (Wildman–Crippen LogP) is 7.33. The molecule has 0 aliphatic heterocycles. The van der Waals surface area contributed by atoms with Crippen molar-refractivity contribution in [3.63, 3.8) is 0 Å². The molecule has 162 valence electrons. The molecule has 0 spiro atoms. The maximum Gasteiger partial charge on any atom is 0.0578 e. The summed E-state index contributed by atoms with van der Waals surface area (Å²) in [4.78, 5) is 0. The summed E-state index contributed by atoms with van der Waals surface area (Å²) in [5.74, 6) is 4.38. The minimum atomic E-state index is -0.116. The summed E-state index contributed by atoms with van der Waals surface area (Å²) in [5.41, 5.74) is 4.07.